The number of nitrogens with one attached hydrogen (secondary N) is 1. The van der Waals surface area contributed by atoms with Crippen LogP contribution in [0, 0.1) is 0 Å². The molecule has 1 aliphatic rings. The van der Waals surface area contributed by atoms with Gasteiger partial charge in [-0.1, -0.05) is 12.1 Å². The van der Waals surface area contributed by atoms with Crippen molar-refractivity contribution in [3.05, 3.63) is 35.4 Å². The third kappa shape index (κ3) is 2.51. The number of hydrogen-bond donors (Lipinski definition) is 2. The summed E-state index contributed by atoms with van der Waals surface area (Å²) in [5, 5.41) is 11.6. The summed E-state index contributed by atoms with van der Waals surface area (Å²) < 4.78 is 4.99. The minimum absolute atomic E-state index is 0.354. The zero-order chi connectivity index (χ0) is 13.2. The highest BCUT2D eigenvalue weighted by molar-refractivity contribution is 5.99. The molecule has 1 aromatic rings. The van der Waals surface area contributed by atoms with Crippen LogP contribution in [0.4, 0.5) is 0 Å². The van der Waals surface area contributed by atoms with Crippen molar-refractivity contribution in [2.24, 2.45) is 0 Å². The summed E-state index contributed by atoms with van der Waals surface area (Å²) >= 11 is 0. The van der Waals surface area contributed by atoms with Crippen LogP contribution in [0.25, 0.3) is 0 Å². The Morgan fingerprint density at radius 1 is 1.44 bits per heavy atom. The molecule has 1 amide bonds. The van der Waals surface area contributed by atoms with Crippen molar-refractivity contribution in [2.75, 3.05) is 7.11 Å². The second kappa shape index (κ2) is 4.78. The highest BCUT2D eigenvalue weighted by Gasteiger charge is 2.51. The molecule has 1 fully saturated rings. The number of carboxylic acids is 1. The maximum absolute atomic E-state index is 11.9. The summed E-state index contributed by atoms with van der Waals surface area (Å²) in [6.45, 7) is 0.422. The van der Waals surface area contributed by atoms with Gasteiger partial charge in [0.2, 0.25) is 0 Å². The van der Waals surface area contributed by atoms with Crippen LogP contribution in [0.15, 0.2) is 24.3 Å². The van der Waals surface area contributed by atoms with Gasteiger partial charge in [-0.15, -0.1) is 0 Å². The monoisotopic (exact) mass is 249 g/mol. The zero-order valence-electron chi connectivity index (χ0n) is 10.1. The third-order valence-corrected chi connectivity index (χ3v) is 3.01. The minimum atomic E-state index is -1.05. The molecular formula is C13H15NO4. The number of aliphatic carboxylic acids is 1. The van der Waals surface area contributed by atoms with E-state index < -0.39 is 11.5 Å². The topological polar surface area (TPSA) is 75.6 Å². The summed E-state index contributed by atoms with van der Waals surface area (Å²) in [4.78, 5) is 22.9. The summed E-state index contributed by atoms with van der Waals surface area (Å²) in [5.74, 6) is -1.32. The standard InChI is InChI=1S/C13H15NO4/c1-18-8-9-3-2-4-10(7-9)11(15)14-13(5-6-13)12(16)17/h2-4,7H,5-6,8H2,1H3,(H,14,15)(H,16,17). The number of rotatable bonds is 5. The molecular weight excluding hydrogens is 234 g/mol. The smallest absolute Gasteiger partial charge is 0.329 e. The summed E-state index contributed by atoms with van der Waals surface area (Å²) in [6.07, 6.45) is 0.984. The Bertz CT molecular complexity index is 480. The van der Waals surface area contributed by atoms with E-state index in [1.165, 1.54) is 0 Å². The second-order valence-corrected chi connectivity index (χ2v) is 4.47. The van der Waals surface area contributed by atoms with Gasteiger partial charge < -0.3 is 15.2 Å². The number of carboxylic acid groups (broad SMARTS) is 1. The highest BCUT2D eigenvalue weighted by atomic mass is 16.5. The van der Waals surface area contributed by atoms with E-state index in [1.807, 2.05) is 6.07 Å². The van der Waals surface area contributed by atoms with Crippen LogP contribution >= 0.6 is 0 Å². The lowest BCUT2D eigenvalue weighted by Gasteiger charge is -2.12. The van der Waals surface area contributed by atoms with E-state index in [0.717, 1.165) is 5.56 Å². The van der Waals surface area contributed by atoms with Crippen molar-refractivity contribution in [3.8, 4) is 0 Å². The van der Waals surface area contributed by atoms with Gasteiger partial charge in [-0.25, -0.2) is 4.79 Å². The molecule has 0 bridgehead atoms. The van der Waals surface area contributed by atoms with Gasteiger partial charge in [-0.3, -0.25) is 4.79 Å². The average molecular weight is 249 g/mol. The lowest BCUT2D eigenvalue weighted by atomic mass is 10.1. The summed E-state index contributed by atoms with van der Waals surface area (Å²) in [7, 11) is 1.58. The first kappa shape index (κ1) is 12.6. The molecule has 2 N–H and O–H groups in total. The normalized spacial score (nSPS) is 16.1. The predicted octanol–water partition coefficient (Wildman–Crippen LogP) is 1.18. The molecule has 1 aliphatic carbocycles. The van der Waals surface area contributed by atoms with Crippen LogP contribution in [-0.2, 0) is 16.1 Å². The molecule has 2 rings (SSSR count). The summed E-state index contributed by atoms with van der Waals surface area (Å²) in [5.41, 5.74) is 0.288. The van der Waals surface area contributed by atoms with E-state index in [0.29, 0.717) is 25.0 Å². The van der Waals surface area contributed by atoms with Gasteiger partial charge in [0.15, 0.2) is 0 Å². The molecule has 1 saturated carbocycles. The van der Waals surface area contributed by atoms with Crippen molar-refractivity contribution < 1.29 is 19.4 Å². The Labute approximate surface area is 105 Å². The number of hydrogen-bond acceptors (Lipinski definition) is 3. The van der Waals surface area contributed by atoms with Crippen LogP contribution in [0.2, 0.25) is 0 Å². The van der Waals surface area contributed by atoms with Gasteiger partial charge in [-0.2, -0.15) is 0 Å². The van der Waals surface area contributed by atoms with Crippen LogP contribution in [0.3, 0.4) is 0 Å². The maximum atomic E-state index is 11.9. The molecule has 0 atom stereocenters. The van der Waals surface area contributed by atoms with Crippen LogP contribution in [0.5, 0.6) is 0 Å². The van der Waals surface area contributed by atoms with Gasteiger partial charge in [0.1, 0.15) is 5.54 Å². The number of amides is 1. The first-order valence-corrected chi connectivity index (χ1v) is 5.71. The zero-order valence-corrected chi connectivity index (χ0v) is 10.1. The molecule has 0 radical (unpaired) electrons. The van der Waals surface area contributed by atoms with Gasteiger partial charge in [0.05, 0.1) is 6.61 Å². The first-order valence-electron chi connectivity index (χ1n) is 5.71. The van der Waals surface area contributed by atoms with E-state index in [9.17, 15) is 9.59 Å². The molecule has 0 aromatic heterocycles. The van der Waals surface area contributed by atoms with Crippen molar-refractivity contribution in [3.63, 3.8) is 0 Å². The highest BCUT2D eigenvalue weighted by Crippen LogP contribution is 2.35. The number of ether oxygens (including phenoxy) is 1. The van der Waals surface area contributed by atoms with Gasteiger partial charge >= 0.3 is 5.97 Å². The number of carbonyl (C=O) groups is 2. The van der Waals surface area contributed by atoms with Crippen molar-refractivity contribution in [1.82, 2.24) is 5.32 Å². The Morgan fingerprint density at radius 2 is 2.17 bits per heavy atom. The quantitative estimate of drug-likeness (QED) is 0.821. The maximum Gasteiger partial charge on any atom is 0.329 e. The van der Waals surface area contributed by atoms with E-state index in [1.54, 1.807) is 25.3 Å². The van der Waals surface area contributed by atoms with Crippen molar-refractivity contribution in [1.29, 1.82) is 0 Å². The Kier molecular flexibility index (Phi) is 3.34. The fourth-order valence-corrected chi connectivity index (χ4v) is 1.78. The number of benzene rings is 1. The van der Waals surface area contributed by atoms with Gasteiger partial charge in [0.25, 0.3) is 5.91 Å². The van der Waals surface area contributed by atoms with E-state index >= 15 is 0 Å². The molecule has 5 nitrogen and oxygen atoms in total. The first-order chi connectivity index (χ1) is 8.57. The lowest BCUT2D eigenvalue weighted by molar-refractivity contribution is -0.140. The van der Waals surface area contributed by atoms with Crippen molar-refractivity contribution in [2.45, 2.75) is 25.0 Å². The van der Waals surface area contributed by atoms with E-state index in [2.05, 4.69) is 5.32 Å². The fraction of sp³-hybridized carbons (Fsp3) is 0.385. The third-order valence-electron chi connectivity index (χ3n) is 3.01. The molecule has 18 heavy (non-hydrogen) atoms. The summed E-state index contributed by atoms with van der Waals surface area (Å²) in [6, 6.07) is 6.97. The molecule has 0 saturated heterocycles. The van der Waals surface area contributed by atoms with Crippen LogP contribution in [-0.4, -0.2) is 29.6 Å². The van der Waals surface area contributed by atoms with E-state index in [-0.39, 0.29) is 5.91 Å². The average Bonchev–Trinajstić information content (AvgIpc) is 3.11. The number of methoxy groups -OCH3 is 1. The molecule has 0 heterocycles. The van der Waals surface area contributed by atoms with Gasteiger partial charge in [0, 0.05) is 12.7 Å². The SMILES string of the molecule is COCc1cccc(C(=O)NC2(C(=O)O)CC2)c1. The predicted molar refractivity (Wildman–Crippen MR) is 64.2 cm³/mol. The minimum Gasteiger partial charge on any atom is -0.480 e. The molecule has 96 valence electrons. The molecule has 0 aliphatic heterocycles. The van der Waals surface area contributed by atoms with Crippen LogP contribution in [0.1, 0.15) is 28.8 Å². The van der Waals surface area contributed by atoms with Crippen molar-refractivity contribution >= 4 is 11.9 Å². The molecule has 1 aromatic carbocycles. The van der Waals surface area contributed by atoms with E-state index in [4.69, 9.17) is 9.84 Å². The second-order valence-electron chi connectivity index (χ2n) is 4.47. The Balaban J connectivity index is 2.09. The Morgan fingerprint density at radius 3 is 2.72 bits per heavy atom. The molecule has 0 unspecified atom stereocenters. The lowest BCUT2D eigenvalue weighted by Crippen LogP contribution is -2.43. The molecule has 5 heteroatoms. The van der Waals surface area contributed by atoms with Crippen LogP contribution < -0.4 is 5.32 Å². The van der Waals surface area contributed by atoms with Gasteiger partial charge in [-0.05, 0) is 30.5 Å². The largest absolute Gasteiger partial charge is 0.480 e. The fourth-order valence-electron chi connectivity index (χ4n) is 1.78. The Hall–Kier alpha value is -1.88. The molecule has 0 spiro atoms. The number of carbonyl (C=O) groups excluding carboxylic acids is 1.